The van der Waals surface area contributed by atoms with Crippen LogP contribution in [-0.2, 0) is 0 Å². The SMILES string of the molecule is COc1ccc2cc(-c3ccccc3N)cc(OC)c2c1. The van der Waals surface area contributed by atoms with Crippen LogP contribution in [-0.4, -0.2) is 14.2 Å². The van der Waals surface area contributed by atoms with Crippen LogP contribution in [0.3, 0.4) is 0 Å². The van der Waals surface area contributed by atoms with Crippen molar-refractivity contribution in [1.82, 2.24) is 0 Å². The van der Waals surface area contributed by atoms with Crippen LogP contribution in [0.2, 0.25) is 0 Å². The average molecular weight is 279 g/mol. The van der Waals surface area contributed by atoms with Gasteiger partial charge < -0.3 is 15.2 Å². The number of nitrogen functional groups attached to an aromatic ring is 1. The number of hydrogen-bond acceptors (Lipinski definition) is 3. The maximum Gasteiger partial charge on any atom is 0.127 e. The summed E-state index contributed by atoms with van der Waals surface area (Å²) in [5.41, 5.74) is 8.88. The van der Waals surface area contributed by atoms with Gasteiger partial charge in [0, 0.05) is 16.6 Å². The van der Waals surface area contributed by atoms with Gasteiger partial charge in [0.2, 0.25) is 0 Å². The molecule has 0 aromatic heterocycles. The number of para-hydroxylation sites is 1. The molecule has 3 aromatic rings. The molecule has 0 spiro atoms. The highest BCUT2D eigenvalue weighted by Gasteiger charge is 2.09. The summed E-state index contributed by atoms with van der Waals surface area (Å²) in [5, 5.41) is 2.11. The van der Waals surface area contributed by atoms with Crippen LogP contribution in [0.4, 0.5) is 5.69 Å². The minimum atomic E-state index is 0.757. The lowest BCUT2D eigenvalue weighted by Crippen LogP contribution is -1.92. The van der Waals surface area contributed by atoms with Crippen LogP contribution in [0, 0.1) is 0 Å². The molecular weight excluding hydrogens is 262 g/mol. The highest BCUT2D eigenvalue weighted by molar-refractivity contribution is 5.95. The molecule has 0 heterocycles. The van der Waals surface area contributed by atoms with Crippen LogP contribution in [0.25, 0.3) is 21.9 Å². The van der Waals surface area contributed by atoms with Gasteiger partial charge in [0.05, 0.1) is 14.2 Å². The molecule has 0 unspecified atom stereocenters. The summed E-state index contributed by atoms with van der Waals surface area (Å²) in [6.45, 7) is 0. The number of fused-ring (bicyclic) bond motifs is 1. The molecule has 0 amide bonds. The van der Waals surface area contributed by atoms with Crippen LogP contribution in [0.15, 0.2) is 54.6 Å². The van der Waals surface area contributed by atoms with Crippen LogP contribution in [0.5, 0.6) is 11.5 Å². The third-order valence-corrected chi connectivity index (χ3v) is 3.62. The first kappa shape index (κ1) is 13.3. The van der Waals surface area contributed by atoms with Crippen molar-refractivity contribution in [2.24, 2.45) is 0 Å². The number of methoxy groups -OCH3 is 2. The summed E-state index contributed by atoms with van der Waals surface area (Å²) >= 11 is 0. The molecule has 0 aliphatic heterocycles. The molecule has 0 radical (unpaired) electrons. The Morgan fingerprint density at radius 2 is 1.67 bits per heavy atom. The summed E-state index contributed by atoms with van der Waals surface area (Å²) in [6.07, 6.45) is 0. The fourth-order valence-electron chi connectivity index (χ4n) is 2.51. The standard InChI is InChI=1S/C18H17NO2/c1-20-14-8-7-12-9-13(10-18(21-2)16(12)11-14)15-5-3-4-6-17(15)19/h3-11H,19H2,1-2H3. The van der Waals surface area contributed by atoms with Crippen LogP contribution in [0.1, 0.15) is 0 Å². The van der Waals surface area contributed by atoms with Crippen molar-refractivity contribution in [3.8, 4) is 22.6 Å². The Hall–Kier alpha value is -2.68. The molecule has 0 saturated heterocycles. The molecule has 0 aliphatic carbocycles. The van der Waals surface area contributed by atoms with E-state index in [1.165, 1.54) is 0 Å². The third kappa shape index (κ3) is 2.38. The van der Waals surface area contributed by atoms with E-state index in [1.807, 2.05) is 48.5 Å². The topological polar surface area (TPSA) is 44.5 Å². The van der Waals surface area contributed by atoms with Gasteiger partial charge in [0.1, 0.15) is 11.5 Å². The largest absolute Gasteiger partial charge is 0.497 e. The summed E-state index contributed by atoms with van der Waals surface area (Å²) in [5.74, 6) is 1.62. The van der Waals surface area contributed by atoms with E-state index < -0.39 is 0 Å². The fourth-order valence-corrected chi connectivity index (χ4v) is 2.51. The maximum atomic E-state index is 6.07. The zero-order chi connectivity index (χ0) is 14.8. The summed E-state index contributed by atoms with van der Waals surface area (Å²) in [6, 6.07) is 17.9. The lowest BCUT2D eigenvalue weighted by molar-refractivity contribution is 0.412. The molecular formula is C18H17NO2. The molecule has 0 saturated carbocycles. The summed E-state index contributed by atoms with van der Waals surface area (Å²) in [7, 11) is 3.33. The maximum absolute atomic E-state index is 6.07. The molecule has 3 heteroatoms. The van der Waals surface area contributed by atoms with Crippen molar-refractivity contribution < 1.29 is 9.47 Å². The Morgan fingerprint density at radius 3 is 2.38 bits per heavy atom. The molecule has 21 heavy (non-hydrogen) atoms. The highest BCUT2D eigenvalue weighted by atomic mass is 16.5. The zero-order valence-corrected chi connectivity index (χ0v) is 12.1. The second-order valence-electron chi connectivity index (χ2n) is 4.85. The van der Waals surface area contributed by atoms with Gasteiger partial charge in [-0.25, -0.2) is 0 Å². The molecule has 0 aliphatic rings. The van der Waals surface area contributed by atoms with E-state index in [0.717, 1.165) is 39.1 Å². The van der Waals surface area contributed by atoms with Gasteiger partial charge in [-0.3, -0.25) is 0 Å². The quantitative estimate of drug-likeness (QED) is 0.734. The summed E-state index contributed by atoms with van der Waals surface area (Å²) < 4.78 is 10.8. The van der Waals surface area contributed by atoms with Crippen LogP contribution >= 0.6 is 0 Å². The Balaban J connectivity index is 2.25. The molecule has 106 valence electrons. The predicted octanol–water partition coefficient (Wildman–Crippen LogP) is 4.11. The monoisotopic (exact) mass is 279 g/mol. The number of rotatable bonds is 3. The van der Waals surface area contributed by atoms with Crippen molar-refractivity contribution in [2.45, 2.75) is 0 Å². The van der Waals surface area contributed by atoms with E-state index in [2.05, 4.69) is 6.07 Å². The molecule has 0 bridgehead atoms. The molecule has 3 nitrogen and oxygen atoms in total. The Bertz CT molecular complexity index is 796. The highest BCUT2D eigenvalue weighted by Crippen LogP contribution is 2.36. The van der Waals surface area contributed by atoms with Gasteiger partial charge in [-0.05, 0) is 41.3 Å². The van der Waals surface area contributed by atoms with Gasteiger partial charge >= 0.3 is 0 Å². The van der Waals surface area contributed by atoms with Crippen molar-refractivity contribution >= 4 is 16.5 Å². The molecule has 3 rings (SSSR count). The molecule has 3 aromatic carbocycles. The van der Waals surface area contributed by atoms with E-state index in [9.17, 15) is 0 Å². The second-order valence-corrected chi connectivity index (χ2v) is 4.85. The van der Waals surface area contributed by atoms with Crippen molar-refractivity contribution in [3.63, 3.8) is 0 Å². The number of hydrogen-bond donors (Lipinski definition) is 1. The van der Waals surface area contributed by atoms with Gasteiger partial charge in [-0.1, -0.05) is 24.3 Å². The van der Waals surface area contributed by atoms with Gasteiger partial charge in [0.15, 0.2) is 0 Å². The number of nitrogens with two attached hydrogens (primary N) is 1. The molecule has 0 atom stereocenters. The van der Waals surface area contributed by atoms with Crippen molar-refractivity contribution in [3.05, 3.63) is 54.6 Å². The van der Waals surface area contributed by atoms with E-state index in [0.29, 0.717) is 0 Å². The third-order valence-electron chi connectivity index (χ3n) is 3.62. The van der Waals surface area contributed by atoms with E-state index in [-0.39, 0.29) is 0 Å². The first-order chi connectivity index (χ1) is 10.2. The second kappa shape index (κ2) is 5.37. The van der Waals surface area contributed by atoms with E-state index >= 15 is 0 Å². The minimum Gasteiger partial charge on any atom is -0.497 e. The van der Waals surface area contributed by atoms with Crippen molar-refractivity contribution in [2.75, 3.05) is 20.0 Å². The van der Waals surface area contributed by atoms with Gasteiger partial charge in [-0.2, -0.15) is 0 Å². The lowest BCUT2D eigenvalue weighted by atomic mass is 9.99. The van der Waals surface area contributed by atoms with Crippen LogP contribution < -0.4 is 15.2 Å². The molecule has 2 N–H and O–H groups in total. The normalized spacial score (nSPS) is 10.6. The zero-order valence-electron chi connectivity index (χ0n) is 12.1. The average Bonchev–Trinajstić information content (AvgIpc) is 2.53. The Labute approximate surface area is 123 Å². The number of anilines is 1. The van der Waals surface area contributed by atoms with Gasteiger partial charge in [-0.15, -0.1) is 0 Å². The first-order valence-corrected chi connectivity index (χ1v) is 6.73. The Morgan fingerprint density at radius 1 is 0.857 bits per heavy atom. The Kier molecular flexibility index (Phi) is 3.40. The lowest BCUT2D eigenvalue weighted by Gasteiger charge is -2.12. The number of ether oxygens (including phenoxy) is 2. The molecule has 0 fully saturated rings. The smallest absolute Gasteiger partial charge is 0.127 e. The van der Waals surface area contributed by atoms with Gasteiger partial charge in [0.25, 0.3) is 0 Å². The number of benzene rings is 3. The van der Waals surface area contributed by atoms with E-state index in [1.54, 1.807) is 14.2 Å². The first-order valence-electron chi connectivity index (χ1n) is 6.73. The predicted molar refractivity (Wildman–Crippen MR) is 86.9 cm³/mol. The van der Waals surface area contributed by atoms with E-state index in [4.69, 9.17) is 15.2 Å². The summed E-state index contributed by atoms with van der Waals surface area (Å²) in [4.78, 5) is 0. The fraction of sp³-hybridized carbons (Fsp3) is 0.111. The van der Waals surface area contributed by atoms with Crippen molar-refractivity contribution in [1.29, 1.82) is 0 Å². The minimum absolute atomic E-state index is 0.757.